The lowest BCUT2D eigenvalue weighted by Gasteiger charge is -2.27. The van der Waals surface area contributed by atoms with E-state index in [2.05, 4.69) is 5.32 Å². The molecule has 0 saturated carbocycles. The number of hydrogen-bond acceptors (Lipinski definition) is 2. The van der Waals surface area contributed by atoms with Gasteiger partial charge in [0.2, 0.25) is 5.91 Å². The van der Waals surface area contributed by atoms with E-state index in [9.17, 15) is 9.18 Å². The lowest BCUT2D eigenvalue weighted by molar-refractivity contribution is -0.126. The van der Waals surface area contributed by atoms with E-state index in [0.29, 0.717) is 12.2 Å². The summed E-state index contributed by atoms with van der Waals surface area (Å²) in [5.74, 6) is 0.322. The first-order chi connectivity index (χ1) is 11.3. The van der Waals surface area contributed by atoms with Gasteiger partial charge >= 0.3 is 0 Å². The molecule has 0 aliphatic carbocycles. The first-order valence-corrected chi connectivity index (χ1v) is 8.14. The standard InChI is InChI=1S/C20H24FNO2/c1-5-24-18-11-9-15(10-12-18)14(2)22-19(23)20(3,4)16-7-6-8-17(21)13-16/h6-14H,5H2,1-4H3,(H,22,23). The van der Waals surface area contributed by atoms with Crippen LogP contribution in [0.2, 0.25) is 0 Å². The minimum absolute atomic E-state index is 0.144. The third kappa shape index (κ3) is 4.13. The van der Waals surface area contributed by atoms with Crippen molar-refractivity contribution >= 4 is 5.91 Å². The summed E-state index contributed by atoms with van der Waals surface area (Å²) in [6, 6.07) is 13.7. The van der Waals surface area contributed by atoms with Crippen LogP contribution >= 0.6 is 0 Å². The van der Waals surface area contributed by atoms with E-state index < -0.39 is 5.41 Å². The number of benzene rings is 2. The Hall–Kier alpha value is -2.36. The second kappa shape index (κ2) is 7.47. The third-order valence-electron chi connectivity index (χ3n) is 4.15. The highest BCUT2D eigenvalue weighted by molar-refractivity contribution is 5.87. The van der Waals surface area contributed by atoms with Crippen molar-refractivity contribution < 1.29 is 13.9 Å². The van der Waals surface area contributed by atoms with Crippen molar-refractivity contribution in [2.75, 3.05) is 6.61 Å². The summed E-state index contributed by atoms with van der Waals surface area (Å²) in [6.45, 7) is 8.07. The number of nitrogens with one attached hydrogen (secondary N) is 1. The molecule has 3 nitrogen and oxygen atoms in total. The van der Waals surface area contributed by atoms with Crippen LogP contribution < -0.4 is 10.1 Å². The molecule has 128 valence electrons. The molecule has 1 atom stereocenters. The highest BCUT2D eigenvalue weighted by atomic mass is 19.1. The monoisotopic (exact) mass is 329 g/mol. The Labute approximate surface area is 142 Å². The lowest BCUT2D eigenvalue weighted by atomic mass is 9.83. The predicted octanol–water partition coefficient (Wildman–Crippen LogP) is 4.38. The van der Waals surface area contributed by atoms with Crippen LogP contribution in [0.1, 0.15) is 44.9 Å². The highest BCUT2D eigenvalue weighted by Gasteiger charge is 2.31. The van der Waals surface area contributed by atoms with Crippen LogP contribution in [0.3, 0.4) is 0 Å². The molecule has 1 amide bonds. The van der Waals surface area contributed by atoms with Crippen LogP contribution in [-0.2, 0) is 10.2 Å². The fourth-order valence-electron chi connectivity index (χ4n) is 2.49. The minimum atomic E-state index is -0.818. The normalized spacial score (nSPS) is 12.5. The fourth-order valence-corrected chi connectivity index (χ4v) is 2.49. The molecule has 2 aromatic rings. The SMILES string of the molecule is CCOc1ccc(C(C)NC(=O)C(C)(C)c2cccc(F)c2)cc1. The zero-order chi connectivity index (χ0) is 17.7. The van der Waals surface area contributed by atoms with Crippen LogP contribution in [0, 0.1) is 5.82 Å². The second-order valence-electron chi connectivity index (χ2n) is 6.33. The van der Waals surface area contributed by atoms with Crippen LogP contribution in [0.4, 0.5) is 4.39 Å². The molecular weight excluding hydrogens is 305 g/mol. The van der Waals surface area contributed by atoms with Gasteiger partial charge in [0.15, 0.2) is 0 Å². The molecule has 4 heteroatoms. The van der Waals surface area contributed by atoms with Crippen molar-refractivity contribution in [2.24, 2.45) is 0 Å². The quantitative estimate of drug-likeness (QED) is 0.854. The maximum absolute atomic E-state index is 13.4. The van der Waals surface area contributed by atoms with E-state index in [0.717, 1.165) is 11.3 Å². The van der Waals surface area contributed by atoms with Gasteiger partial charge in [-0.05, 0) is 63.1 Å². The molecule has 0 saturated heterocycles. The van der Waals surface area contributed by atoms with E-state index in [1.54, 1.807) is 26.0 Å². The second-order valence-corrected chi connectivity index (χ2v) is 6.33. The van der Waals surface area contributed by atoms with Gasteiger partial charge in [-0.2, -0.15) is 0 Å². The summed E-state index contributed by atoms with van der Waals surface area (Å²) in [7, 11) is 0. The van der Waals surface area contributed by atoms with Crippen molar-refractivity contribution in [3.8, 4) is 5.75 Å². The van der Waals surface area contributed by atoms with E-state index in [4.69, 9.17) is 4.74 Å². The zero-order valence-electron chi connectivity index (χ0n) is 14.6. The molecule has 0 fully saturated rings. The van der Waals surface area contributed by atoms with Crippen molar-refractivity contribution in [1.29, 1.82) is 0 Å². The van der Waals surface area contributed by atoms with E-state index in [-0.39, 0.29) is 17.8 Å². The average Bonchev–Trinajstić information content (AvgIpc) is 2.55. The van der Waals surface area contributed by atoms with Crippen molar-refractivity contribution in [2.45, 2.75) is 39.2 Å². The van der Waals surface area contributed by atoms with Gasteiger partial charge in [0.25, 0.3) is 0 Å². The zero-order valence-corrected chi connectivity index (χ0v) is 14.6. The third-order valence-corrected chi connectivity index (χ3v) is 4.15. The maximum Gasteiger partial charge on any atom is 0.230 e. The molecule has 0 heterocycles. The lowest BCUT2D eigenvalue weighted by Crippen LogP contribution is -2.41. The predicted molar refractivity (Wildman–Crippen MR) is 93.6 cm³/mol. The summed E-state index contributed by atoms with van der Waals surface area (Å²) in [4.78, 5) is 12.7. The summed E-state index contributed by atoms with van der Waals surface area (Å²) < 4.78 is 18.9. The number of halogens is 1. The van der Waals surface area contributed by atoms with Gasteiger partial charge in [-0.15, -0.1) is 0 Å². The molecule has 0 bridgehead atoms. The van der Waals surface area contributed by atoms with E-state index in [1.165, 1.54) is 12.1 Å². The summed E-state index contributed by atoms with van der Waals surface area (Å²) in [5, 5.41) is 3.00. The molecule has 24 heavy (non-hydrogen) atoms. The van der Waals surface area contributed by atoms with Gasteiger partial charge in [0, 0.05) is 0 Å². The Morgan fingerprint density at radius 2 is 1.88 bits per heavy atom. The van der Waals surface area contributed by atoms with Gasteiger partial charge in [0.05, 0.1) is 18.1 Å². The largest absolute Gasteiger partial charge is 0.494 e. The van der Waals surface area contributed by atoms with Crippen molar-refractivity contribution in [1.82, 2.24) is 5.32 Å². The van der Waals surface area contributed by atoms with Gasteiger partial charge in [0.1, 0.15) is 11.6 Å². The van der Waals surface area contributed by atoms with Crippen LogP contribution in [0.25, 0.3) is 0 Å². The molecule has 2 rings (SSSR count). The van der Waals surface area contributed by atoms with Crippen LogP contribution in [0.5, 0.6) is 5.75 Å². The molecule has 0 spiro atoms. The van der Waals surface area contributed by atoms with Gasteiger partial charge in [-0.25, -0.2) is 4.39 Å². The van der Waals surface area contributed by atoms with Crippen LogP contribution in [0.15, 0.2) is 48.5 Å². The Morgan fingerprint density at radius 3 is 2.46 bits per heavy atom. The average molecular weight is 329 g/mol. The number of carbonyl (C=O) groups excluding carboxylic acids is 1. The summed E-state index contributed by atoms with van der Waals surface area (Å²) >= 11 is 0. The Bertz CT molecular complexity index is 695. The first-order valence-electron chi connectivity index (χ1n) is 8.14. The molecule has 0 aliphatic rings. The van der Waals surface area contributed by atoms with Gasteiger partial charge < -0.3 is 10.1 Å². The molecule has 1 unspecified atom stereocenters. The number of amides is 1. The molecule has 2 aromatic carbocycles. The van der Waals surface area contributed by atoms with E-state index in [1.807, 2.05) is 38.1 Å². The van der Waals surface area contributed by atoms with Gasteiger partial charge in [-0.3, -0.25) is 4.79 Å². The summed E-state index contributed by atoms with van der Waals surface area (Å²) in [5.41, 5.74) is 0.822. The highest BCUT2D eigenvalue weighted by Crippen LogP contribution is 2.26. The van der Waals surface area contributed by atoms with E-state index >= 15 is 0 Å². The number of ether oxygens (including phenoxy) is 1. The Balaban J connectivity index is 2.09. The molecule has 0 aliphatic heterocycles. The Morgan fingerprint density at radius 1 is 1.21 bits per heavy atom. The smallest absolute Gasteiger partial charge is 0.230 e. The summed E-state index contributed by atoms with van der Waals surface area (Å²) in [6.07, 6.45) is 0. The molecular formula is C20H24FNO2. The molecule has 0 aromatic heterocycles. The maximum atomic E-state index is 13.4. The van der Waals surface area contributed by atoms with Gasteiger partial charge in [-0.1, -0.05) is 24.3 Å². The van der Waals surface area contributed by atoms with Crippen molar-refractivity contribution in [3.05, 3.63) is 65.5 Å². The molecule has 1 N–H and O–H groups in total. The van der Waals surface area contributed by atoms with Crippen molar-refractivity contribution in [3.63, 3.8) is 0 Å². The first kappa shape index (κ1) is 18.0. The fraction of sp³-hybridized carbons (Fsp3) is 0.350. The Kier molecular flexibility index (Phi) is 5.60. The van der Waals surface area contributed by atoms with Crippen LogP contribution in [-0.4, -0.2) is 12.5 Å². The number of rotatable bonds is 6. The number of carbonyl (C=O) groups is 1. The topological polar surface area (TPSA) is 38.3 Å². The number of hydrogen-bond donors (Lipinski definition) is 1. The molecule has 0 radical (unpaired) electrons. The minimum Gasteiger partial charge on any atom is -0.494 e.